The third kappa shape index (κ3) is 4.10. The van der Waals surface area contributed by atoms with Gasteiger partial charge in [0.15, 0.2) is 0 Å². The molecule has 0 aliphatic rings. The Morgan fingerprint density at radius 1 is 1.21 bits per heavy atom. The monoisotopic (exact) mass is 259 g/mol. The normalized spacial score (nSPS) is 12.6. The van der Waals surface area contributed by atoms with Crippen LogP contribution >= 0.6 is 0 Å². The summed E-state index contributed by atoms with van der Waals surface area (Å²) >= 11 is 0. The summed E-state index contributed by atoms with van der Waals surface area (Å²) in [7, 11) is 0. The van der Waals surface area contributed by atoms with Gasteiger partial charge in [-0.15, -0.1) is 0 Å². The van der Waals surface area contributed by atoms with E-state index in [0.717, 1.165) is 18.1 Å². The highest BCUT2D eigenvalue weighted by molar-refractivity contribution is 5.27. The second-order valence-electron chi connectivity index (χ2n) is 4.89. The van der Waals surface area contributed by atoms with Crippen LogP contribution in [-0.4, -0.2) is 16.1 Å². The molecule has 0 aliphatic heterocycles. The van der Waals surface area contributed by atoms with E-state index in [-0.39, 0.29) is 12.1 Å². The minimum Gasteiger partial charge on any atom is -0.491 e. The van der Waals surface area contributed by atoms with Crippen LogP contribution in [0.4, 0.5) is 0 Å². The van der Waals surface area contributed by atoms with E-state index in [1.54, 1.807) is 6.20 Å². The fourth-order valence-corrected chi connectivity index (χ4v) is 1.84. The van der Waals surface area contributed by atoms with E-state index in [9.17, 15) is 0 Å². The van der Waals surface area contributed by atoms with Gasteiger partial charge in [0.2, 0.25) is 0 Å². The summed E-state index contributed by atoms with van der Waals surface area (Å²) in [5, 5.41) is 3.43. The number of H-pyrrole nitrogens is 1. The molecule has 0 radical (unpaired) electrons. The standard InChI is InChI=1S/C15H21N3O/c1-11(2)19-14-6-4-13(5-7-14)10-18-12(3)15-16-8-9-17-15/h4-9,11-12,18H,10H2,1-3H3,(H,16,17). The molecule has 0 saturated heterocycles. The smallest absolute Gasteiger partial charge is 0.122 e. The van der Waals surface area contributed by atoms with Crippen molar-refractivity contribution in [3.63, 3.8) is 0 Å². The molecule has 4 nitrogen and oxygen atoms in total. The van der Waals surface area contributed by atoms with Crippen LogP contribution in [0.25, 0.3) is 0 Å². The molecule has 2 N–H and O–H groups in total. The Kier molecular flexibility index (Phi) is 4.58. The third-order valence-electron chi connectivity index (χ3n) is 2.84. The number of imidazole rings is 1. The predicted octanol–water partition coefficient (Wildman–Crippen LogP) is 3.05. The van der Waals surface area contributed by atoms with E-state index in [1.807, 2.05) is 32.2 Å². The number of benzene rings is 1. The lowest BCUT2D eigenvalue weighted by Crippen LogP contribution is -2.19. The summed E-state index contributed by atoms with van der Waals surface area (Å²) < 4.78 is 5.62. The van der Waals surface area contributed by atoms with Crippen LogP contribution in [0, 0.1) is 0 Å². The molecule has 19 heavy (non-hydrogen) atoms. The fraction of sp³-hybridized carbons (Fsp3) is 0.400. The second-order valence-corrected chi connectivity index (χ2v) is 4.89. The Morgan fingerprint density at radius 3 is 2.53 bits per heavy atom. The molecule has 0 aliphatic carbocycles. The van der Waals surface area contributed by atoms with Crippen molar-refractivity contribution in [1.82, 2.24) is 15.3 Å². The lowest BCUT2D eigenvalue weighted by atomic mass is 10.2. The number of hydrogen-bond acceptors (Lipinski definition) is 3. The molecule has 1 unspecified atom stereocenters. The van der Waals surface area contributed by atoms with Crippen molar-refractivity contribution in [2.45, 2.75) is 39.5 Å². The van der Waals surface area contributed by atoms with Crippen molar-refractivity contribution in [1.29, 1.82) is 0 Å². The van der Waals surface area contributed by atoms with Crippen molar-refractivity contribution in [3.05, 3.63) is 48.0 Å². The SMILES string of the molecule is CC(C)Oc1ccc(CNC(C)c2ncc[nH]2)cc1. The van der Waals surface area contributed by atoms with Gasteiger partial charge in [-0.2, -0.15) is 0 Å². The second kappa shape index (κ2) is 6.38. The lowest BCUT2D eigenvalue weighted by molar-refractivity contribution is 0.242. The van der Waals surface area contributed by atoms with Gasteiger partial charge in [-0.1, -0.05) is 12.1 Å². The molecule has 0 fully saturated rings. The topological polar surface area (TPSA) is 49.9 Å². The highest BCUT2D eigenvalue weighted by Gasteiger charge is 2.06. The number of rotatable bonds is 6. The predicted molar refractivity (Wildman–Crippen MR) is 76.0 cm³/mol. The van der Waals surface area contributed by atoms with Gasteiger partial charge in [-0.05, 0) is 38.5 Å². The van der Waals surface area contributed by atoms with Crippen LogP contribution in [0.2, 0.25) is 0 Å². The molecule has 0 saturated carbocycles. The van der Waals surface area contributed by atoms with Gasteiger partial charge >= 0.3 is 0 Å². The summed E-state index contributed by atoms with van der Waals surface area (Å²) in [6, 6.07) is 8.39. The zero-order chi connectivity index (χ0) is 13.7. The van der Waals surface area contributed by atoms with Crippen LogP contribution in [0.5, 0.6) is 5.75 Å². The molecule has 0 bridgehead atoms. The van der Waals surface area contributed by atoms with Crippen LogP contribution in [0.3, 0.4) is 0 Å². The number of ether oxygens (including phenoxy) is 1. The number of nitrogens with zero attached hydrogens (tertiary/aromatic N) is 1. The molecular formula is C15H21N3O. The summed E-state index contributed by atoms with van der Waals surface area (Å²) in [4.78, 5) is 7.35. The molecule has 1 aromatic carbocycles. The number of nitrogens with one attached hydrogen (secondary N) is 2. The van der Waals surface area contributed by atoms with Gasteiger partial charge in [0.25, 0.3) is 0 Å². The minimum atomic E-state index is 0.210. The Morgan fingerprint density at radius 2 is 1.95 bits per heavy atom. The lowest BCUT2D eigenvalue weighted by Gasteiger charge is -2.13. The zero-order valence-electron chi connectivity index (χ0n) is 11.7. The molecule has 0 spiro atoms. The van der Waals surface area contributed by atoms with Gasteiger partial charge in [-0.3, -0.25) is 0 Å². The fourth-order valence-electron chi connectivity index (χ4n) is 1.84. The number of aromatic amines is 1. The highest BCUT2D eigenvalue weighted by atomic mass is 16.5. The summed E-state index contributed by atoms with van der Waals surface area (Å²) in [6.45, 7) is 6.96. The molecule has 2 aromatic rings. The van der Waals surface area contributed by atoms with E-state index >= 15 is 0 Å². The van der Waals surface area contributed by atoms with Gasteiger partial charge < -0.3 is 15.0 Å². The van der Waals surface area contributed by atoms with Crippen LogP contribution in [0.1, 0.15) is 38.2 Å². The molecule has 102 valence electrons. The highest BCUT2D eigenvalue weighted by Crippen LogP contribution is 2.14. The number of hydrogen-bond donors (Lipinski definition) is 2. The Bertz CT molecular complexity index is 477. The van der Waals surface area contributed by atoms with Crippen molar-refractivity contribution in [2.75, 3.05) is 0 Å². The molecular weight excluding hydrogens is 238 g/mol. The maximum atomic E-state index is 5.62. The van der Waals surface area contributed by atoms with Crippen molar-refractivity contribution < 1.29 is 4.74 Å². The Balaban J connectivity index is 1.86. The average molecular weight is 259 g/mol. The summed E-state index contributed by atoms with van der Waals surface area (Å²) in [5.74, 6) is 1.87. The van der Waals surface area contributed by atoms with Crippen molar-refractivity contribution in [2.24, 2.45) is 0 Å². The third-order valence-corrected chi connectivity index (χ3v) is 2.84. The van der Waals surface area contributed by atoms with E-state index in [1.165, 1.54) is 5.56 Å². The van der Waals surface area contributed by atoms with Crippen LogP contribution in [-0.2, 0) is 6.54 Å². The first-order valence-electron chi connectivity index (χ1n) is 6.63. The maximum Gasteiger partial charge on any atom is 0.122 e. The largest absolute Gasteiger partial charge is 0.491 e. The maximum absolute atomic E-state index is 5.62. The number of aromatic nitrogens is 2. The van der Waals surface area contributed by atoms with Gasteiger partial charge in [-0.25, -0.2) is 4.98 Å². The minimum absolute atomic E-state index is 0.210. The molecule has 4 heteroatoms. The van der Waals surface area contributed by atoms with Gasteiger partial charge in [0.1, 0.15) is 11.6 Å². The van der Waals surface area contributed by atoms with E-state index < -0.39 is 0 Å². The first-order chi connectivity index (χ1) is 9.15. The van der Waals surface area contributed by atoms with Crippen LogP contribution < -0.4 is 10.1 Å². The van der Waals surface area contributed by atoms with Gasteiger partial charge in [0.05, 0.1) is 12.1 Å². The van der Waals surface area contributed by atoms with E-state index in [4.69, 9.17) is 4.74 Å². The summed E-state index contributed by atoms with van der Waals surface area (Å²) in [6.07, 6.45) is 3.82. The van der Waals surface area contributed by atoms with Crippen molar-refractivity contribution >= 4 is 0 Å². The Hall–Kier alpha value is -1.81. The average Bonchev–Trinajstić information content (AvgIpc) is 2.91. The first kappa shape index (κ1) is 13.6. The molecule has 2 rings (SSSR count). The molecule has 0 amide bonds. The van der Waals surface area contributed by atoms with E-state index in [2.05, 4.69) is 34.3 Å². The molecule has 1 aromatic heterocycles. The van der Waals surface area contributed by atoms with Crippen molar-refractivity contribution in [3.8, 4) is 5.75 Å². The quantitative estimate of drug-likeness (QED) is 0.838. The van der Waals surface area contributed by atoms with Crippen LogP contribution in [0.15, 0.2) is 36.7 Å². The van der Waals surface area contributed by atoms with Gasteiger partial charge in [0, 0.05) is 18.9 Å². The van der Waals surface area contributed by atoms with E-state index in [0.29, 0.717) is 0 Å². The molecule has 1 heterocycles. The Labute approximate surface area is 114 Å². The first-order valence-corrected chi connectivity index (χ1v) is 6.63. The summed E-state index contributed by atoms with van der Waals surface area (Å²) in [5.41, 5.74) is 1.23. The zero-order valence-corrected chi connectivity index (χ0v) is 11.7. The molecule has 1 atom stereocenters.